The van der Waals surface area contributed by atoms with Gasteiger partial charge in [0.05, 0.1) is 32.5 Å². The van der Waals surface area contributed by atoms with E-state index in [1.807, 2.05) is 0 Å². The fraction of sp³-hybridized carbons (Fsp3) is 0.286. The molecule has 0 fully saturated rings. The van der Waals surface area contributed by atoms with Gasteiger partial charge in [-0.15, -0.1) is 0 Å². The van der Waals surface area contributed by atoms with Gasteiger partial charge in [0.2, 0.25) is 0 Å². The lowest BCUT2D eigenvalue weighted by atomic mass is 10.1. The van der Waals surface area contributed by atoms with Crippen LogP contribution >= 0.6 is 0 Å². The zero-order valence-corrected chi connectivity index (χ0v) is 12.1. The first-order valence-electron chi connectivity index (χ1n) is 6.16. The molecule has 6 nitrogen and oxygen atoms in total. The molecule has 1 heterocycles. The summed E-state index contributed by atoms with van der Waals surface area (Å²) in [5.41, 5.74) is 4.72. The maximum Gasteiger partial charge on any atom is 0.342 e. The number of hydrogen-bond acceptors (Lipinski definition) is 6. The number of carbonyl (C=O) groups is 1. The van der Waals surface area contributed by atoms with Crippen LogP contribution in [0, 0.1) is 0 Å². The van der Waals surface area contributed by atoms with Gasteiger partial charge in [-0.05, 0) is 6.07 Å². The molecule has 0 aliphatic rings. The Morgan fingerprint density at radius 3 is 2.27 bits per heavy atom. The summed E-state index contributed by atoms with van der Waals surface area (Å²) in [6.07, 6.45) is -2.98. The molecule has 0 saturated heterocycles. The third-order valence-electron chi connectivity index (χ3n) is 3.15. The number of alkyl halides is 2. The lowest BCUT2D eigenvalue weighted by Crippen LogP contribution is -2.12. The number of methoxy groups -OCH3 is 3. The first kappa shape index (κ1) is 15.7. The highest BCUT2D eigenvalue weighted by atomic mass is 19.3. The van der Waals surface area contributed by atoms with Crippen molar-refractivity contribution < 1.29 is 27.8 Å². The summed E-state index contributed by atoms with van der Waals surface area (Å²) >= 11 is 0. The van der Waals surface area contributed by atoms with Gasteiger partial charge in [-0.1, -0.05) is 0 Å². The van der Waals surface area contributed by atoms with Crippen molar-refractivity contribution in [3.05, 3.63) is 23.4 Å². The van der Waals surface area contributed by atoms with Crippen LogP contribution < -0.4 is 15.2 Å². The van der Waals surface area contributed by atoms with Gasteiger partial charge in [0.15, 0.2) is 11.5 Å². The summed E-state index contributed by atoms with van der Waals surface area (Å²) in [6.45, 7) is 0. The van der Waals surface area contributed by atoms with Crippen LogP contribution in [0.25, 0.3) is 10.9 Å². The molecule has 1 aromatic carbocycles. The fourth-order valence-corrected chi connectivity index (χ4v) is 2.11. The van der Waals surface area contributed by atoms with Crippen molar-refractivity contribution in [3.63, 3.8) is 0 Å². The Labute approximate surface area is 124 Å². The summed E-state index contributed by atoms with van der Waals surface area (Å²) in [7, 11) is 3.90. The monoisotopic (exact) mass is 312 g/mol. The predicted molar refractivity (Wildman–Crippen MR) is 75.6 cm³/mol. The molecule has 0 aliphatic carbocycles. The fourth-order valence-electron chi connectivity index (χ4n) is 2.11. The highest BCUT2D eigenvalue weighted by Crippen LogP contribution is 2.37. The molecule has 0 spiro atoms. The van der Waals surface area contributed by atoms with Gasteiger partial charge in [-0.2, -0.15) is 0 Å². The number of anilines is 1. The average Bonchev–Trinajstić information content (AvgIpc) is 2.52. The molecule has 1 aromatic heterocycles. The van der Waals surface area contributed by atoms with Crippen LogP contribution in [0.5, 0.6) is 11.5 Å². The van der Waals surface area contributed by atoms with Crippen molar-refractivity contribution in [1.82, 2.24) is 4.98 Å². The Hall–Kier alpha value is -2.64. The second-order valence-electron chi connectivity index (χ2n) is 4.30. The number of halogens is 2. The summed E-state index contributed by atoms with van der Waals surface area (Å²) < 4.78 is 41.1. The van der Waals surface area contributed by atoms with E-state index in [4.69, 9.17) is 15.2 Å². The van der Waals surface area contributed by atoms with Crippen molar-refractivity contribution in [2.24, 2.45) is 0 Å². The summed E-state index contributed by atoms with van der Waals surface area (Å²) in [4.78, 5) is 15.6. The van der Waals surface area contributed by atoms with E-state index in [-0.39, 0.29) is 11.2 Å². The van der Waals surface area contributed by atoms with Gasteiger partial charge in [0, 0.05) is 11.5 Å². The van der Waals surface area contributed by atoms with Crippen molar-refractivity contribution in [1.29, 1.82) is 0 Å². The highest BCUT2D eigenvalue weighted by Gasteiger charge is 2.26. The Balaban J connectivity index is 2.87. The zero-order valence-electron chi connectivity index (χ0n) is 12.1. The minimum Gasteiger partial charge on any atom is -0.493 e. The van der Waals surface area contributed by atoms with E-state index in [9.17, 15) is 13.6 Å². The minimum atomic E-state index is -2.98. The number of rotatable bonds is 4. The second-order valence-corrected chi connectivity index (χ2v) is 4.30. The van der Waals surface area contributed by atoms with Crippen LogP contribution in [0.4, 0.5) is 14.5 Å². The lowest BCUT2D eigenvalue weighted by molar-refractivity contribution is 0.0589. The van der Waals surface area contributed by atoms with E-state index in [1.54, 1.807) is 0 Å². The number of pyridine rings is 1. The summed E-state index contributed by atoms with van der Waals surface area (Å²) in [5.74, 6) is -0.325. The van der Waals surface area contributed by atoms with Gasteiger partial charge >= 0.3 is 5.97 Å². The Kier molecular flexibility index (Phi) is 4.30. The molecule has 0 aliphatic heterocycles. The molecule has 22 heavy (non-hydrogen) atoms. The summed E-state index contributed by atoms with van der Waals surface area (Å²) in [5, 5.41) is 0.294. The number of ether oxygens (including phenoxy) is 3. The number of aromatic nitrogens is 1. The maximum absolute atomic E-state index is 13.2. The van der Waals surface area contributed by atoms with Gasteiger partial charge in [0.1, 0.15) is 11.3 Å². The molecule has 0 amide bonds. The largest absolute Gasteiger partial charge is 0.493 e. The minimum absolute atomic E-state index is 0.145. The molecular weight excluding hydrogens is 298 g/mol. The molecular formula is C14H14F2N2O4. The molecule has 8 heteroatoms. The van der Waals surface area contributed by atoms with Crippen molar-refractivity contribution in [2.45, 2.75) is 6.43 Å². The maximum atomic E-state index is 13.2. The second kappa shape index (κ2) is 6.00. The third kappa shape index (κ3) is 2.47. The Bertz CT molecular complexity index is 735. The van der Waals surface area contributed by atoms with Gasteiger partial charge in [-0.25, -0.2) is 18.6 Å². The molecule has 118 valence electrons. The van der Waals surface area contributed by atoms with Crippen LogP contribution in [0.15, 0.2) is 12.1 Å². The molecule has 2 rings (SSSR count). The number of nitrogens with two attached hydrogens (primary N) is 1. The Morgan fingerprint density at radius 2 is 1.77 bits per heavy atom. The van der Waals surface area contributed by atoms with E-state index < -0.39 is 23.7 Å². The highest BCUT2D eigenvalue weighted by molar-refractivity contribution is 6.06. The van der Waals surface area contributed by atoms with Gasteiger partial charge in [0.25, 0.3) is 6.43 Å². The number of nitrogens with zero attached hydrogens (tertiary/aromatic N) is 1. The van der Waals surface area contributed by atoms with Crippen LogP contribution in [0.3, 0.4) is 0 Å². The SMILES string of the molecule is COC(=O)c1c(C(F)F)nc2cc(OC)c(OC)cc2c1N. The standard InChI is InChI=1S/C14H14F2N2O4/c1-20-8-4-6-7(5-9(8)21-2)18-12(13(15)16)10(11(6)17)14(19)22-3/h4-5,13H,1-3H3,(H2,17,18). The normalized spacial score (nSPS) is 10.8. The number of esters is 1. The quantitative estimate of drug-likeness (QED) is 0.874. The third-order valence-corrected chi connectivity index (χ3v) is 3.15. The molecule has 0 bridgehead atoms. The number of nitrogen functional groups attached to an aromatic ring is 1. The molecule has 2 aromatic rings. The topological polar surface area (TPSA) is 83.7 Å². The number of benzene rings is 1. The van der Waals surface area contributed by atoms with Crippen molar-refractivity contribution >= 4 is 22.6 Å². The van der Waals surface area contributed by atoms with E-state index in [0.29, 0.717) is 16.9 Å². The van der Waals surface area contributed by atoms with E-state index in [1.165, 1.54) is 26.4 Å². The average molecular weight is 312 g/mol. The number of hydrogen-bond donors (Lipinski definition) is 1. The predicted octanol–water partition coefficient (Wildman–Crippen LogP) is 2.56. The lowest BCUT2D eigenvalue weighted by Gasteiger charge is -2.14. The first-order chi connectivity index (χ1) is 10.4. The Morgan fingerprint density at radius 1 is 1.18 bits per heavy atom. The van der Waals surface area contributed by atoms with Gasteiger partial charge in [-0.3, -0.25) is 0 Å². The van der Waals surface area contributed by atoms with Crippen molar-refractivity contribution in [3.8, 4) is 11.5 Å². The number of fused-ring (bicyclic) bond motifs is 1. The molecule has 0 unspecified atom stereocenters. The van der Waals surface area contributed by atoms with Crippen LogP contribution in [-0.2, 0) is 4.74 Å². The molecule has 0 saturated carbocycles. The molecule has 0 atom stereocenters. The van der Waals surface area contributed by atoms with E-state index in [0.717, 1.165) is 7.11 Å². The zero-order chi connectivity index (χ0) is 16.4. The van der Waals surface area contributed by atoms with E-state index in [2.05, 4.69) is 9.72 Å². The smallest absolute Gasteiger partial charge is 0.342 e. The first-order valence-corrected chi connectivity index (χ1v) is 6.16. The number of carbonyl (C=O) groups excluding carboxylic acids is 1. The van der Waals surface area contributed by atoms with Gasteiger partial charge < -0.3 is 19.9 Å². The molecule has 2 N–H and O–H groups in total. The van der Waals surface area contributed by atoms with Crippen molar-refractivity contribution in [2.75, 3.05) is 27.1 Å². The van der Waals surface area contributed by atoms with E-state index >= 15 is 0 Å². The summed E-state index contributed by atoms with van der Waals surface area (Å²) in [6, 6.07) is 2.88. The molecule has 0 radical (unpaired) electrons. The van der Waals surface area contributed by atoms with Crippen LogP contribution in [-0.4, -0.2) is 32.3 Å². The van der Waals surface area contributed by atoms with Crippen LogP contribution in [0.1, 0.15) is 22.5 Å². The van der Waals surface area contributed by atoms with Crippen LogP contribution in [0.2, 0.25) is 0 Å².